The van der Waals surface area contributed by atoms with Crippen LogP contribution in [0.1, 0.15) is 17.8 Å². The van der Waals surface area contributed by atoms with Gasteiger partial charge in [0.25, 0.3) is 0 Å². The Bertz CT molecular complexity index is 470. The molecule has 1 atom stereocenters. The van der Waals surface area contributed by atoms with Crippen molar-refractivity contribution in [2.75, 3.05) is 12.3 Å². The summed E-state index contributed by atoms with van der Waals surface area (Å²) in [5.41, 5.74) is 0. The molecule has 1 nitrogen and oxygen atoms in total. The minimum absolute atomic E-state index is 0.399. The minimum atomic E-state index is 0.399. The molecule has 0 aliphatic heterocycles. The molecule has 96 valence electrons. The number of rotatable bonds is 6. The molecule has 1 unspecified atom stereocenters. The van der Waals surface area contributed by atoms with Gasteiger partial charge in [-0.25, -0.2) is 0 Å². The lowest BCUT2D eigenvalue weighted by molar-refractivity contribution is 0.615. The Morgan fingerprint density at radius 1 is 1.28 bits per heavy atom. The van der Waals surface area contributed by atoms with Gasteiger partial charge in [0.1, 0.15) is 0 Å². The number of nitrogens with one attached hydrogen (secondary N) is 1. The Hall–Kier alpha value is -0.480. The smallest absolute Gasteiger partial charge is 0.0541 e. The molecule has 0 amide bonds. The van der Waals surface area contributed by atoms with Gasteiger partial charge in [-0.2, -0.15) is 0 Å². The van der Waals surface area contributed by atoms with E-state index in [4.69, 9.17) is 11.6 Å². The van der Waals surface area contributed by atoms with Crippen LogP contribution in [0.15, 0.2) is 46.7 Å². The molecule has 18 heavy (non-hydrogen) atoms. The van der Waals surface area contributed by atoms with E-state index in [0.29, 0.717) is 6.04 Å². The Morgan fingerprint density at radius 2 is 2.11 bits per heavy atom. The van der Waals surface area contributed by atoms with Crippen LogP contribution in [0.25, 0.3) is 0 Å². The number of thiophene rings is 1. The minimum Gasteiger partial charge on any atom is -0.309 e. The van der Waals surface area contributed by atoms with Crippen molar-refractivity contribution in [2.45, 2.75) is 17.9 Å². The molecular formula is C14H16ClNS2. The molecule has 1 aromatic carbocycles. The number of hydrogen-bond donors (Lipinski definition) is 1. The molecule has 4 heteroatoms. The van der Waals surface area contributed by atoms with Crippen LogP contribution in [-0.2, 0) is 0 Å². The van der Waals surface area contributed by atoms with Crippen LogP contribution in [0, 0.1) is 0 Å². The van der Waals surface area contributed by atoms with Crippen LogP contribution in [0.2, 0.25) is 5.02 Å². The molecule has 2 rings (SSSR count). The van der Waals surface area contributed by atoms with E-state index in [1.165, 1.54) is 4.88 Å². The summed E-state index contributed by atoms with van der Waals surface area (Å²) in [6, 6.07) is 12.7. The molecule has 0 bridgehead atoms. The third-order valence-corrected chi connectivity index (χ3v) is 5.17. The number of benzene rings is 1. The summed E-state index contributed by atoms with van der Waals surface area (Å²) < 4.78 is 0. The van der Waals surface area contributed by atoms with Gasteiger partial charge in [0.15, 0.2) is 0 Å². The first kappa shape index (κ1) is 13.9. The van der Waals surface area contributed by atoms with Crippen molar-refractivity contribution in [1.29, 1.82) is 0 Å². The predicted molar refractivity (Wildman–Crippen MR) is 82.9 cm³/mol. The van der Waals surface area contributed by atoms with Crippen molar-refractivity contribution >= 4 is 34.7 Å². The van der Waals surface area contributed by atoms with Gasteiger partial charge in [-0.3, -0.25) is 0 Å². The van der Waals surface area contributed by atoms with Gasteiger partial charge >= 0.3 is 0 Å². The summed E-state index contributed by atoms with van der Waals surface area (Å²) >= 11 is 9.78. The second kappa shape index (κ2) is 7.19. The normalized spacial score (nSPS) is 12.6. The summed E-state index contributed by atoms with van der Waals surface area (Å²) in [5.74, 6) is 0.998. The highest BCUT2D eigenvalue weighted by atomic mass is 35.5. The van der Waals surface area contributed by atoms with Crippen molar-refractivity contribution < 1.29 is 0 Å². The standard InChI is InChI=1S/C14H16ClNS2/c1-2-16-12(14-8-5-9-17-14)10-18-13-7-4-3-6-11(13)15/h3-9,12,16H,2,10H2,1H3. The average Bonchev–Trinajstić information content (AvgIpc) is 2.90. The van der Waals surface area contributed by atoms with E-state index < -0.39 is 0 Å². The summed E-state index contributed by atoms with van der Waals surface area (Å²) in [6.07, 6.45) is 0. The predicted octanol–water partition coefficient (Wildman–Crippen LogP) is 4.84. The summed E-state index contributed by atoms with van der Waals surface area (Å²) in [7, 11) is 0. The van der Waals surface area contributed by atoms with Gasteiger partial charge in [0.2, 0.25) is 0 Å². The molecule has 0 aliphatic carbocycles. The average molecular weight is 298 g/mol. The SMILES string of the molecule is CCNC(CSc1ccccc1Cl)c1cccs1. The fourth-order valence-corrected chi connectivity index (χ4v) is 3.94. The quantitative estimate of drug-likeness (QED) is 0.765. The van der Waals surface area contributed by atoms with E-state index in [9.17, 15) is 0 Å². The van der Waals surface area contributed by atoms with Gasteiger partial charge in [-0.05, 0) is 30.1 Å². The van der Waals surface area contributed by atoms with Gasteiger partial charge in [0.05, 0.1) is 11.1 Å². The molecule has 0 aliphatic rings. The topological polar surface area (TPSA) is 12.0 Å². The van der Waals surface area contributed by atoms with E-state index in [-0.39, 0.29) is 0 Å². The van der Waals surface area contributed by atoms with Gasteiger partial charge in [-0.1, -0.05) is 36.7 Å². The van der Waals surface area contributed by atoms with Crippen LogP contribution in [-0.4, -0.2) is 12.3 Å². The fraction of sp³-hybridized carbons (Fsp3) is 0.286. The van der Waals surface area contributed by atoms with E-state index in [0.717, 1.165) is 22.2 Å². The second-order valence-electron chi connectivity index (χ2n) is 3.87. The zero-order valence-electron chi connectivity index (χ0n) is 10.2. The lowest BCUT2D eigenvalue weighted by Crippen LogP contribution is -2.21. The molecule has 1 aromatic heterocycles. The first-order chi connectivity index (χ1) is 8.81. The van der Waals surface area contributed by atoms with Crippen LogP contribution in [0.3, 0.4) is 0 Å². The zero-order valence-corrected chi connectivity index (χ0v) is 12.6. The van der Waals surface area contributed by atoms with Crippen molar-refractivity contribution in [3.63, 3.8) is 0 Å². The first-order valence-electron chi connectivity index (χ1n) is 5.95. The molecule has 0 saturated heterocycles. The highest BCUT2D eigenvalue weighted by Crippen LogP contribution is 2.31. The molecular weight excluding hydrogens is 282 g/mol. The maximum absolute atomic E-state index is 6.17. The third kappa shape index (κ3) is 3.75. The lowest BCUT2D eigenvalue weighted by Gasteiger charge is -2.16. The van der Waals surface area contributed by atoms with Crippen molar-refractivity contribution in [2.24, 2.45) is 0 Å². The molecule has 0 saturated carbocycles. The lowest BCUT2D eigenvalue weighted by atomic mass is 10.3. The Balaban J connectivity index is 2.00. The largest absolute Gasteiger partial charge is 0.309 e. The first-order valence-corrected chi connectivity index (χ1v) is 8.19. The van der Waals surface area contributed by atoms with Crippen LogP contribution >= 0.6 is 34.7 Å². The van der Waals surface area contributed by atoms with E-state index >= 15 is 0 Å². The van der Waals surface area contributed by atoms with Gasteiger partial charge < -0.3 is 5.32 Å². The van der Waals surface area contributed by atoms with Gasteiger partial charge in [-0.15, -0.1) is 23.1 Å². The van der Waals surface area contributed by atoms with Crippen LogP contribution in [0.4, 0.5) is 0 Å². The van der Waals surface area contributed by atoms with E-state index in [1.807, 2.05) is 18.2 Å². The molecule has 1 N–H and O–H groups in total. The van der Waals surface area contributed by atoms with E-state index in [1.54, 1.807) is 23.1 Å². The van der Waals surface area contributed by atoms with Crippen LogP contribution in [0.5, 0.6) is 0 Å². The Labute approximate surface area is 122 Å². The summed E-state index contributed by atoms with van der Waals surface area (Å²) in [5, 5.41) is 6.48. The van der Waals surface area contributed by atoms with Crippen molar-refractivity contribution in [3.05, 3.63) is 51.7 Å². The summed E-state index contributed by atoms with van der Waals surface area (Å²) in [4.78, 5) is 2.54. The molecule has 0 radical (unpaired) electrons. The Morgan fingerprint density at radius 3 is 2.78 bits per heavy atom. The molecule has 2 aromatic rings. The molecule has 0 fully saturated rings. The highest BCUT2D eigenvalue weighted by Gasteiger charge is 2.12. The Kier molecular flexibility index (Phi) is 5.57. The van der Waals surface area contributed by atoms with Crippen molar-refractivity contribution in [3.8, 4) is 0 Å². The van der Waals surface area contributed by atoms with Crippen LogP contribution < -0.4 is 5.32 Å². The number of thioether (sulfide) groups is 1. The highest BCUT2D eigenvalue weighted by molar-refractivity contribution is 7.99. The van der Waals surface area contributed by atoms with Gasteiger partial charge in [0, 0.05) is 15.5 Å². The van der Waals surface area contributed by atoms with E-state index in [2.05, 4.69) is 35.8 Å². The molecule has 1 heterocycles. The third-order valence-electron chi connectivity index (χ3n) is 2.58. The monoisotopic (exact) mass is 297 g/mol. The molecule has 0 spiro atoms. The van der Waals surface area contributed by atoms with Crippen molar-refractivity contribution in [1.82, 2.24) is 5.32 Å². The fourth-order valence-electron chi connectivity index (χ4n) is 1.71. The number of hydrogen-bond acceptors (Lipinski definition) is 3. The maximum atomic E-state index is 6.17. The number of halogens is 1. The zero-order chi connectivity index (χ0) is 12.8. The maximum Gasteiger partial charge on any atom is 0.0541 e. The summed E-state index contributed by atoms with van der Waals surface area (Å²) in [6.45, 7) is 3.12. The second-order valence-corrected chi connectivity index (χ2v) is 6.32.